The van der Waals surface area contributed by atoms with E-state index in [4.69, 9.17) is 4.74 Å². The third kappa shape index (κ3) is 2.74. The molecule has 2 nitrogen and oxygen atoms in total. The lowest BCUT2D eigenvalue weighted by atomic mass is 10.1. The lowest BCUT2D eigenvalue weighted by Gasteiger charge is -2.11. The highest BCUT2D eigenvalue weighted by molar-refractivity contribution is 5.30. The summed E-state index contributed by atoms with van der Waals surface area (Å²) in [5.74, 6) is 0.946. The standard InChI is InChI=1S/C11H17NO/c1-4-13-11-7-5-6-10(8-11)9(2)12-3/h5-9,12H,4H2,1-3H3/t9-/m0/s1. The third-order valence-electron chi connectivity index (χ3n) is 2.10. The Balaban J connectivity index is 2.78. The second-order valence-corrected chi connectivity index (χ2v) is 3.02. The van der Waals surface area contributed by atoms with E-state index in [-0.39, 0.29) is 0 Å². The fraction of sp³-hybridized carbons (Fsp3) is 0.455. The minimum atomic E-state index is 0.375. The van der Waals surface area contributed by atoms with Gasteiger partial charge in [0.1, 0.15) is 5.75 Å². The van der Waals surface area contributed by atoms with E-state index in [2.05, 4.69) is 24.4 Å². The topological polar surface area (TPSA) is 21.3 Å². The lowest BCUT2D eigenvalue weighted by molar-refractivity contribution is 0.339. The van der Waals surface area contributed by atoms with Gasteiger partial charge in [0.05, 0.1) is 6.61 Å². The summed E-state index contributed by atoms with van der Waals surface area (Å²) >= 11 is 0. The molecule has 2 heteroatoms. The van der Waals surface area contributed by atoms with E-state index in [0.29, 0.717) is 6.04 Å². The van der Waals surface area contributed by atoms with E-state index in [1.165, 1.54) is 5.56 Å². The Labute approximate surface area is 79.9 Å². The van der Waals surface area contributed by atoms with Crippen LogP contribution in [0.3, 0.4) is 0 Å². The Kier molecular flexibility index (Phi) is 3.77. The van der Waals surface area contributed by atoms with Crippen LogP contribution in [-0.4, -0.2) is 13.7 Å². The summed E-state index contributed by atoms with van der Waals surface area (Å²) in [5, 5.41) is 3.19. The van der Waals surface area contributed by atoms with Crippen molar-refractivity contribution in [3.63, 3.8) is 0 Å². The highest BCUT2D eigenvalue weighted by atomic mass is 16.5. The molecule has 0 aliphatic heterocycles. The Morgan fingerprint density at radius 2 is 2.23 bits per heavy atom. The van der Waals surface area contributed by atoms with Crippen molar-refractivity contribution >= 4 is 0 Å². The minimum Gasteiger partial charge on any atom is -0.494 e. The van der Waals surface area contributed by atoms with Crippen molar-refractivity contribution in [2.45, 2.75) is 19.9 Å². The minimum absolute atomic E-state index is 0.375. The number of nitrogens with one attached hydrogen (secondary N) is 1. The van der Waals surface area contributed by atoms with Gasteiger partial charge >= 0.3 is 0 Å². The van der Waals surface area contributed by atoms with Crippen molar-refractivity contribution in [3.8, 4) is 5.75 Å². The SMILES string of the molecule is CCOc1cccc([C@H](C)NC)c1. The molecule has 1 aromatic carbocycles. The molecular formula is C11H17NO. The zero-order valence-electron chi connectivity index (χ0n) is 8.50. The number of rotatable bonds is 4. The molecule has 0 spiro atoms. The van der Waals surface area contributed by atoms with Crippen LogP contribution in [0.1, 0.15) is 25.5 Å². The molecule has 13 heavy (non-hydrogen) atoms. The molecular weight excluding hydrogens is 162 g/mol. The van der Waals surface area contributed by atoms with Crippen LogP contribution in [0.5, 0.6) is 5.75 Å². The van der Waals surface area contributed by atoms with Crippen molar-refractivity contribution in [2.75, 3.05) is 13.7 Å². The summed E-state index contributed by atoms with van der Waals surface area (Å²) in [4.78, 5) is 0. The van der Waals surface area contributed by atoms with E-state index in [0.717, 1.165) is 12.4 Å². The van der Waals surface area contributed by atoms with Gasteiger partial charge in [0.2, 0.25) is 0 Å². The van der Waals surface area contributed by atoms with Crippen LogP contribution < -0.4 is 10.1 Å². The molecule has 0 amide bonds. The van der Waals surface area contributed by atoms with Crippen LogP contribution >= 0.6 is 0 Å². The first-order valence-electron chi connectivity index (χ1n) is 4.68. The van der Waals surface area contributed by atoms with Crippen LogP contribution in [0, 0.1) is 0 Å². The van der Waals surface area contributed by atoms with E-state index >= 15 is 0 Å². The third-order valence-corrected chi connectivity index (χ3v) is 2.10. The molecule has 1 aromatic rings. The molecule has 1 N–H and O–H groups in total. The van der Waals surface area contributed by atoms with Gasteiger partial charge in [0.15, 0.2) is 0 Å². The van der Waals surface area contributed by atoms with Gasteiger partial charge in [0, 0.05) is 6.04 Å². The molecule has 0 aromatic heterocycles. The number of hydrogen-bond donors (Lipinski definition) is 1. The highest BCUT2D eigenvalue weighted by Gasteiger charge is 2.02. The molecule has 72 valence electrons. The van der Waals surface area contributed by atoms with Gasteiger partial charge in [-0.3, -0.25) is 0 Å². The van der Waals surface area contributed by atoms with Crippen molar-refractivity contribution in [1.29, 1.82) is 0 Å². The Bertz CT molecular complexity index is 260. The molecule has 1 rings (SSSR count). The molecule has 0 unspecified atom stereocenters. The normalized spacial score (nSPS) is 12.5. The average Bonchev–Trinajstić information content (AvgIpc) is 2.18. The summed E-state index contributed by atoms with van der Waals surface area (Å²) in [7, 11) is 1.96. The Hall–Kier alpha value is -1.02. The lowest BCUT2D eigenvalue weighted by Crippen LogP contribution is -2.12. The Morgan fingerprint density at radius 3 is 2.85 bits per heavy atom. The molecule has 0 heterocycles. The summed E-state index contributed by atoms with van der Waals surface area (Å²) in [5.41, 5.74) is 1.26. The Morgan fingerprint density at radius 1 is 1.46 bits per heavy atom. The molecule has 0 aliphatic carbocycles. The monoisotopic (exact) mass is 179 g/mol. The van der Waals surface area contributed by atoms with Crippen LogP contribution in [-0.2, 0) is 0 Å². The molecule has 0 saturated heterocycles. The second kappa shape index (κ2) is 4.87. The predicted molar refractivity (Wildman–Crippen MR) is 55.1 cm³/mol. The molecule has 0 aliphatic rings. The molecule has 1 atom stereocenters. The fourth-order valence-electron chi connectivity index (χ4n) is 1.21. The maximum Gasteiger partial charge on any atom is 0.119 e. The fourth-order valence-corrected chi connectivity index (χ4v) is 1.21. The quantitative estimate of drug-likeness (QED) is 0.766. The van der Waals surface area contributed by atoms with Crippen molar-refractivity contribution in [1.82, 2.24) is 5.32 Å². The van der Waals surface area contributed by atoms with Crippen molar-refractivity contribution in [2.24, 2.45) is 0 Å². The van der Waals surface area contributed by atoms with E-state index in [1.54, 1.807) is 0 Å². The van der Waals surface area contributed by atoms with Crippen LogP contribution in [0.25, 0.3) is 0 Å². The van der Waals surface area contributed by atoms with E-state index in [1.807, 2.05) is 26.1 Å². The van der Waals surface area contributed by atoms with Crippen molar-refractivity contribution < 1.29 is 4.74 Å². The predicted octanol–water partition coefficient (Wildman–Crippen LogP) is 2.37. The maximum absolute atomic E-state index is 5.41. The number of hydrogen-bond acceptors (Lipinski definition) is 2. The highest BCUT2D eigenvalue weighted by Crippen LogP contribution is 2.18. The van der Waals surface area contributed by atoms with Crippen LogP contribution in [0.2, 0.25) is 0 Å². The van der Waals surface area contributed by atoms with Gasteiger partial charge in [-0.2, -0.15) is 0 Å². The van der Waals surface area contributed by atoms with Gasteiger partial charge in [-0.15, -0.1) is 0 Å². The van der Waals surface area contributed by atoms with Crippen molar-refractivity contribution in [3.05, 3.63) is 29.8 Å². The van der Waals surface area contributed by atoms with Gasteiger partial charge in [-0.05, 0) is 38.6 Å². The zero-order valence-corrected chi connectivity index (χ0v) is 8.50. The van der Waals surface area contributed by atoms with E-state index in [9.17, 15) is 0 Å². The smallest absolute Gasteiger partial charge is 0.119 e. The summed E-state index contributed by atoms with van der Waals surface area (Å²) in [6.07, 6.45) is 0. The molecule has 0 bridgehead atoms. The van der Waals surface area contributed by atoms with E-state index < -0.39 is 0 Å². The van der Waals surface area contributed by atoms with Crippen LogP contribution in [0.4, 0.5) is 0 Å². The van der Waals surface area contributed by atoms with Crippen LogP contribution in [0.15, 0.2) is 24.3 Å². The molecule has 0 fully saturated rings. The first-order valence-corrected chi connectivity index (χ1v) is 4.68. The van der Waals surface area contributed by atoms with Gasteiger partial charge in [-0.1, -0.05) is 12.1 Å². The van der Waals surface area contributed by atoms with Gasteiger partial charge < -0.3 is 10.1 Å². The molecule has 0 saturated carbocycles. The average molecular weight is 179 g/mol. The first kappa shape index (κ1) is 10.1. The summed E-state index contributed by atoms with van der Waals surface area (Å²) in [6.45, 7) is 4.84. The molecule has 0 radical (unpaired) electrons. The maximum atomic E-state index is 5.41. The largest absolute Gasteiger partial charge is 0.494 e. The zero-order chi connectivity index (χ0) is 9.68. The summed E-state index contributed by atoms with van der Waals surface area (Å²) in [6, 6.07) is 8.55. The first-order chi connectivity index (χ1) is 6.27. The van der Waals surface area contributed by atoms with Gasteiger partial charge in [-0.25, -0.2) is 0 Å². The summed E-state index contributed by atoms with van der Waals surface area (Å²) < 4.78 is 5.41. The van der Waals surface area contributed by atoms with Gasteiger partial charge in [0.25, 0.3) is 0 Å². The number of benzene rings is 1. The number of ether oxygens (including phenoxy) is 1. The second-order valence-electron chi connectivity index (χ2n) is 3.02.